The van der Waals surface area contributed by atoms with E-state index < -0.39 is 0 Å². The van der Waals surface area contributed by atoms with Gasteiger partial charge in [0.25, 0.3) is 0 Å². The Bertz CT molecular complexity index is 209. The van der Waals surface area contributed by atoms with Crippen molar-refractivity contribution in [3.05, 3.63) is 0 Å². The molecule has 1 atom stereocenters. The van der Waals surface area contributed by atoms with E-state index in [1.54, 1.807) is 0 Å². The summed E-state index contributed by atoms with van der Waals surface area (Å²) in [5, 5.41) is 15.2. The maximum atomic E-state index is 12.0. The topological polar surface area (TPSA) is 61.4 Å². The predicted molar refractivity (Wildman–Crippen MR) is 59.5 cm³/mol. The fraction of sp³-hybridized carbons (Fsp3) is 0.909. The van der Waals surface area contributed by atoms with Crippen LogP contribution in [0.4, 0.5) is 0 Å². The van der Waals surface area contributed by atoms with Crippen LogP contribution < -0.4 is 10.6 Å². The number of amides is 1. The molecule has 15 heavy (non-hydrogen) atoms. The number of hydrogen-bond donors (Lipinski definition) is 3. The molecule has 0 saturated carbocycles. The molecule has 1 fully saturated rings. The van der Waals surface area contributed by atoms with E-state index in [1.165, 1.54) is 0 Å². The number of piperidine rings is 1. The first kappa shape index (κ1) is 12.5. The number of hydrogen-bond acceptors (Lipinski definition) is 3. The number of rotatable bonds is 4. The number of aliphatic hydroxyl groups is 1. The molecule has 0 aromatic rings. The molecule has 1 aliphatic rings. The molecule has 88 valence electrons. The van der Waals surface area contributed by atoms with Crippen LogP contribution in [0.2, 0.25) is 0 Å². The van der Waals surface area contributed by atoms with Gasteiger partial charge >= 0.3 is 0 Å². The summed E-state index contributed by atoms with van der Waals surface area (Å²) in [6.07, 6.45) is 2.53. The van der Waals surface area contributed by atoms with Crippen LogP contribution in [0, 0.1) is 5.41 Å². The zero-order valence-electron chi connectivity index (χ0n) is 9.68. The van der Waals surface area contributed by atoms with E-state index >= 15 is 0 Å². The number of nitrogens with one attached hydrogen (secondary N) is 2. The molecule has 0 bridgehead atoms. The fourth-order valence-electron chi connectivity index (χ4n) is 1.84. The SMILES string of the molecule is CCC(CO)NC(=O)C1(C)CCNCC1. The summed E-state index contributed by atoms with van der Waals surface area (Å²) in [4.78, 5) is 12.0. The van der Waals surface area contributed by atoms with Gasteiger partial charge in [-0.1, -0.05) is 13.8 Å². The minimum absolute atomic E-state index is 0.0244. The Balaban J connectivity index is 2.50. The van der Waals surface area contributed by atoms with E-state index in [-0.39, 0.29) is 24.0 Å². The minimum atomic E-state index is -0.256. The van der Waals surface area contributed by atoms with E-state index in [0.29, 0.717) is 0 Å². The second-order valence-electron chi connectivity index (χ2n) is 4.57. The number of carbonyl (C=O) groups is 1. The van der Waals surface area contributed by atoms with Crippen molar-refractivity contribution in [1.29, 1.82) is 0 Å². The molecule has 0 aliphatic carbocycles. The van der Waals surface area contributed by atoms with Crippen molar-refractivity contribution < 1.29 is 9.90 Å². The van der Waals surface area contributed by atoms with Gasteiger partial charge in [0.15, 0.2) is 0 Å². The Hall–Kier alpha value is -0.610. The normalized spacial score (nSPS) is 22.1. The molecule has 1 saturated heterocycles. The molecule has 0 aromatic carbocycles. The first-order chi connectivity index (χ1) is 7.12. The molecule has 1 aliphatic heterocycles. The second-order valence-corrected chi connectivity index (χ2v) is 4.57. The summed E-state index contributed by atoms with van der Waals surface area (Å²) < 4.78 is 0. The van der Waals surface area contributed by atoms with Gasteiger partial charge in [0.05, 0.1) is 12.6 Å². The Morgan fingerprint density at radius 2 is 2.13 bits per heavy atom. The molecule has 4 nitrogen and oxygen atoms in total. The molecule has 4 heteroatoms. The summed E-state index contributed by atoms with van der Waals surface area (Å²) in [5.41, 5.74) is -0.256. The molecule has 0 radical (unpaired) electrons. The van der Waals surface area contributed by atoms with Gasteiger partial charge in [-0.25, -0.2) is 0 Å². The van der Waals surface area contributed by atoms with E-state index in [4.69, 9.17) is 5.11 Å². The van der Waals surface area contributed by atoms with E-state index in [2.05, 4.69) is 10.6 Å². The Morgan fingerprint density at radius 1 is 1.53 bits per heavy atom. The van der Waals surface area contributed by atoms with Crippen LogP contribution in [0.15, 0.2) is 0 Å². The maximum Gasteiger partial charge on any atom is 0.226 e. The fourth-order valence-corrected chi connectivity index (χ4v) is 1.84. The zero-order valence-corrected chi connectivity index (χ0v) is 9.68. The molecule has 3 N–H and O–H groups in total. The molecular formula is C11H22N2O2. The van der Waals surface area contributed by atoms with Gasteiger partial charge < -0.3 is 15.7 Å². The van der Waals surface area contributed by atoms with Crippen molar-refractivity contribution in [3.8, 4) is 0 Å². The first-order valence-electron chi connectivity index (χ1n) is 5.75. The third-order valence-corrected chi connectivity index (χ3v) is 3.30. The standard InChI is InChI=1S/C11H22N2O2/c1-3-9(8-14)13-10(15)11(2)4-6-12-7-5-11/h9,12,14H,3-8H2,1-2H3,(H,13,15). The molecular weight excluding hydrogens is 192 g/mol. The number of aliphatic hydroxyl groups excluding tert-OH is 1. The van der Waals surface area contributed by atoms with Gasteiger partial charge in [0.1, 0.15) is 0 Å². The molecule has 0 aromatic heterocycles. The Morgan fingerprint density at radius 3 is 2.60 bits per heavy atom. The Labute approximate surface area is 91.4 Å². The first-order valence-corrected chi connectivity index (χ1v) is 5.75. The van der Waals surface area contributed by atoms with Gasteiger partial charge in [-0.15, -0.1) is 0 Å². The summed E-state index contributed by atoms with van der Waals surface area (Å²) in [7, 11) is 0. The van der Waals surface area contributed by atoms with Crippen molar-refractivity contribution in [2.75, 3.05) is 19.7 Å². The third kappa shape index (κ3) is 3.18. The second kappa shape index (κ2) is 5.47. The lowest BCUT2D eigenvalue weighted by atomic mass is 9.80. The lowest BCUT2D eigenvalue weighted by Crippen LogP contribution is -2.49. The lowest BCUT2D eigenvalue weighted by molar-refractivity contribution is -0.132. The van der Waals surface area contributed by atoms with Gasteiger partial charge in [0.2, 0.25) is 5.91 Å². The van der Waals surface area contributed by atoms with Gasteiger partial charge in [0, 0.05) is 5.41 Å². The largest absolute Gasteiger partial charge is 0.394 e. The van der Waals surface area contributed by atoms with Crippen LogP contribution in [0.5, 0.6) is 0 Å². The third-order valence-electron chi connectivity index (χ3n) is 3.30. The molecule has 0 spiro atoms. The number of carbonyl (C=O) groups excluding carboxylic acids is 1. The van der Waals surface area contributed by atoms with Crippen LogP contribution in [-0.2, 0) is 4.79 Å². The molecule has 1 amide bonds. The van der Waals surface area contributed by atoms with Crippen molar-refractivity contribution in [3.63, 3.8) is 0 Å². The maximum absolute atomic E-state index is 12.0. The summed E-state index contributed by atoms with van der Waals surface area (Å²) in [6, 6.07) is -0.0933. The quantitative estimate of drug-likeness (QED) is 0.629. The predicted octanol–water partition coefficient (Wildman–Crippen LogP) is 0.263. The highest BCUT2D eigenvalue weighted by Gasteiger charge is 2.35. The van der Waals surface area contributed by atoms with E-state index in [1.807, 2.05) is 13.8 Å². The summed E-state index contributed by atoms with van der Waals surface area (Å²) in [6.45, 7) is 5.80. The minimum Gasteiger partial charge on any atom is -0.394 e. The van der Waals surface area contributed by atoms with Crippen LogP contribution >= 0.6 is 0 Å². The Kier molecular flexibility index (Phi) is 4.54. The van der Waals surface area contributed by atoms with Gasteiger partial charge in [-0.3, -0.25) is 4.79 Å². The van der Waals surface area contributed by atoms with Crippen molar-refractivity contribution in [2.24, 2.45) is 5.41 Å². The monoisotopic (exact) mass is 214 g/mol. The van der Waals surface area contributed by atoms with Crippen molar-refractivity contribution in [1.82, 2.24) is 10.6 Å². The highest BCUT2D eigenvalue weighted by Crippen LogP contribution is 2.28. The highest BCUT2D eigenvalue weighted by atomic mass is 16.3. The summed E-state index contributed by atoms with van der Waals surface area (Å²) >= 11 is 0. The van der Waals surface area contributed by atoms with Crippen molar-refractivity contribution >= 4 is 5.91 Å². The van der Waals surface area contributed by atoms with Crippen LogP contribution in [0.25, 0.3) is 0 Å². The van der Waals surface area contributed by atoms with Crippen LogP contribution in [-0.4, -0.2) is 36.8 Å². The zero-order chi connectivity index (χ0) is 11.3. The molecule has 1 unspecified atom stereocenters. The average molecular weight is 214 g/mol. The lowest BCUT2D eigenvalue weighted by Gasteiger charge is -2.33. The molecule has 1 heterocycles. The van der Waals surface area contributed by atoms with E-state index in [0.717, 1.165) is 32.4 Å². The highest BCUT2D eigenvalue weighted by molar-refractivity contribution is 5.82. The van der Waals surface area contributed by atoms with Gasteiger partial charge in [-0.2, -0.15) is 0 Å². The average Bonchev–Trinajstić information content (AvgIpc) is 2.26. The van der Waals surface area contributed by atoms with E-state index in [9.17, 15) is 4.79 Å². The smallest absolute Gasteiger partial charge is 0.226 e. The molecule has 1 rings (SSSR count). The van der Waals surface area contributed by atoms with Crippen molar-refractivity contribution in [2.45, 2.75) is 39.2 Å². The van der Waals surface area contributed by atoms with Gasteiger partial charge in [-0.05, 0) is 32.4 Å². The van der Waals surface area contributed by atoms with Crippen LogP contribution in [0.3, 0.4) is 0 Å². The summed E-state index contributed by atoms with van der Waals surface area (Å²) in [5.74, 6) is 0.0879. The van der Waals surface area contributed by atoms with Crippen LogP contribution in [0.1, 0.15) is 33.1 Å².